The molecule has 0 N–H and O–H groups in total. The molecule has 0 atom stereocenters. The van der Waals surface area contributed by atoms with Gasteiger partial charge in [-0.25, -0.2) is 4.98 Å². The molecule has 1 heterocycles. The summed E-state index contributed by atoms with van der Waals surface area (Å²) in [6.07, 6.45) is 1.53. The first-order valence-corrected chi connectivity index (χ1v) is 4.29. The first-order chi connectivity index (χ1) is 7.22. The summed E-state index contributed by atoms with van der Waals surface area (Å²) < 4.78 is 4.98. The van der Waals surface area contributed by atoms with E-state index in [1.54, 1.807) is 18.2 Å². The van der Waals surface area contributed by atoms with Gasteiger partial charge in [-0.15, -0.1) is 0 Å². The van der Waals surface area contributed by atoms with Crippen LogP contribution in [0.25, 0.3) is 10.9 Å². The van der Waals surface area contributed by atoms with Crippen molar-refractivity contribution in [3.05, 3.63) is 40.6 Å². The van der Waals surface area contributed by atoms with E-state index in [1.165, 1.54) is 19.4 Å². The standard InChI is InChI=1S/C10H8N2O3/c1-15-8-5-7-3-2-4-11-10(7)9(6-8)12(13)14/h2-6H,1H3. The van der Waals surface area contributed by atoms with Crippen LogP contribution >= 0.6 is 0 Å². The lowest BCUT2D eigenvalue weighted by molar-refractivity contribution is -0.383. The quantitative estimate of drug-likeness (QED) is 0.555. The topological polar surface area (TPSA) is 65.3 Å². The van der Waals surface area contributed by atoms with E-state index in [0.717, 1.165) is 0 Å². The predicted octanol–water partition coefficient (Wildman–Crippen LogP) is 2.15. The van der Waals surface area contributed by atoms with E-state index in [2.05, 4.69) is 4.98 Å². The molecule has 76 valence electrons. The molecule has 5 heteroatoms. The summed E-state index contributed by atoms with van der Waals surface area (Å²) >= 11 is 0. The summed E-state index contributed by atoms with van der Waals surface area (Å²) in [4.78, 5) is 14.3. The van der Waals surface area contributed by atoms with Crippen LogP contribution in [-0.4, -0.2) is 17.0 Å². The van der Waals surface area contributed by atoms with Crippen LogP contribution in [0.4, 0.5) is 5.69 Å². The number of nitrogens with zero attached hydrogens (tertiary/aromatic N) is 2. The van der Waals surface area contributed by atoms with Gasteiger partial charge >= 0.3 is 0 Å². The number of rotatable bonds is 2. The van der Waals surface area contributed by atoms with Gasteiger partial charge in [-0.1, -0.05) is 6.07 Å². The zero-order valence-corrected chi connectivity index (χ0v) is 8.01. The van der Waals surface area contributed by atoms with Crippen molar-refractivity contribution in [1.29, 1.82) is 0 Å². The van der Waals surface area contributed by atoms with Crippen LogP contribution < -0.4 is 4.74 Å². The molecule has 15 heavy (non-hydrogen) atoms. The van der Waals surface area contributed by atoms with Gasteiger partial charge in [0.15, 0.2) is 0 Å². The number of hydrogen-bond acceptors (Lipinski definition) is 4. The Bertz CT molecular complexity index is 525. The predicted molar refractivity (Wildman–Crippen MR) is 54.9 cm³/mol. The fourth-order valence-corrected chi connectivity index (χ4v) is 1.40. The second-order valence-electron chi connectivity index (χ2n) is 2.98. The van der Waals surface area contributed by atoms with Crippen molar-refractivity contribution in [3.8, 4) is 5.75 Å². The summed E-state index contributed by atoms with van der Waals surface area (Å²) in [5.41, 5.74) is 0.341. The Morgan fingerprint density at radius 3 is 2.93 bits per heavy atom. The number of methoxy groups -OCH3 is 1. The number of hydrogen-bond donors (Lipinski definition) is 0. The lowest BCUT2D eigenvalue weighted by Crippen LogP contribution is -1.93. The highest BCUT2D eigenvalue weighted by Gasteiger charge is 2.14. The van der Waals surface area contributed by atoms with Crippen molar-refractivity contribution in [1.82, 2.24) is 4.98 Å². The number of aromatic nitrogens is 1. The molecule has 2 rings (SSSR count). The summed E-state index contributed by atoms with van der Waals surface area (Å²) in [5, 5.41) is 11.5. The minimum absolute atomic E-state index is 0.0371. The Hall–Kier alpha value is -2.17. The normalized spacial score (nSPS) is 10.2. The van der Waals surface area contributed by atoms with Crippen molar-refractivity contribution in [2.75, 3.05) is 7.11 Å². The van der Waals surface area contributed by atoms with E-state index in [4.69, 9.17) is 4.74 Å². The molecule has 0 aliphatic rings. The van der Waals surface area contributed by atoms with Gasteiger partial charge in [-0.3, -0.25) is 10.1 Å². The summed E-state index contributed by atoms with van der Waals surface area (Å²) in [6.45, 7) is 0. The Morgan fingerprint density at radius 2 is 2.27 bits per heavy atom. The first kappa shape index (κ1) is 9.39. The van der Waals surface area contributed by atoms with Gasteiger partial charge in [0, 0.05) is 11.6 Å². The summed E-state index contributed by atoms with van der Waals surface area (Å²) in [7, 11) is 1.47. The molecule has 0 unspecified atom stereocenters. The van der Waals surface area contributed by atoms with Gasteiger partial charge in [0.25, 0.3) is 5.69 Å². The smallest absolute Gasteiger partial charge is 0.299 e. The average Bonchev–Trinajstić information content (AvgIpc) is 2.27. The highest BCUT2D eigenvalue weighted by molar-refractivity contribution is 5.88. The number of pyridine rings is 1. The van der Waals surface area contributed by atoms with Crippen LogP contribution in [0.2, 0.25) is 0 Å². The number of ether oxygens (including phenoxy) is 1. The SMILES string of the molecule is COc1cc([N+](=O)[O-])c2ncccc2c1. The molecule has 5 nitrogen and oxygen atoms in total. The van der Waals surface area contributed by atoms with Crippen molar-refractivity contribution in [3.63, 3.8) is 0 Å². The summed E-state index contributed by atoms with van der Waals surface area (Å²) in [5.74, 6) is 0.460. The molecule has 0 amide bonds. The molecule has 0 radical (unpaired) electrons. The monoisotopic (exact) mass is 204 g/mol. The largest absolute Gasteiger partial charge is 0.496 e. The van der Waals surface area contributed by atoms with Crippen LogP contribution in [0.15, 0.2) is 30.5 Å². The third kappa shape index (κ3) is 1.59. The number of nitro groups is 1. The Balaban J connectivity index is 2.80. The van der Waals surface area contributed by atoms with Crippen LogP contribution in [-0.2, 0) is 0 Å². The van der Waals surface area contributed by atoms with Crippen molar-refractivity contribution in [2.45, 2.75) is 0 Å². The zero-order valence-electron chi connectivity index (χ0n) is 8.01. The minimum atomic E-state index is -0.460. The van der Waals surface area contributed by atoms with Gasteiger partial charge in [0.1, 0.15) is 11.3 Å². The second-order valence-corrected chi connectivity index (χ2v) is 2.98. The third-order valence-corrected chi connectivity index (χ3v) is 2.09. The lowest BCUT2D eigenvalue weighted by atomic mass is 10.2. The fourth-order valence-electron chi connectivity index (χ4n) is 1.40. The van der Waals surface area contributed by atoms with Gasteiger partial charge in [0.05, 0.1) is 18.1 Å². The maximum absolute atomic E-state index is 10.8. The maximum atomic E-state index is 10.8. The van der Waals surface area contributed by atoms with E-state index in [1.807, 2.05) is 0 Å². The molecule has 0 aliphatic heterocycles. The van der Waals surface area contributed by atoms with E-state index < -0.39 is 4.92 Å². The second kappa shape index (κ2) is 3.53. The lowest BCUT2D eigenvalue weighted by Gasteiger charge is -2.02. The van der Waals surface area contributed by atoms with E-state index in [-0.39, 0.29) is 5.69 Å². The number of benzene rings is 1. The molecule has 2 aromatic rings. The molecule has 0 saturated carbocycles. The Kier molecular flexibility index (Phi) is 2.21. The van der Waals surface area contributed by atoms with Crippen molar-refractivity contribution in [2.24, 2.45) is 0 Å². The molecule has 0 bridgehead atoms. The highest BCUT2D eigenvalue weighted by Crippen LogP contribution is 2.28. The van der Waals surface area contributed by atoms with Crippen LogP contribution in [0.3, 0.4) is 0 Å². The summed E-state index contributed by atoms with van der Waals surface area (Å²) in [6, 6.07) is 6.58. The van der Waals surface area contributed by atoms with Gasteiger partial charge in [-0.2, -0.15) is 0 Å². The van der Waals surface area contributed by atoms with Crippen LogP contribution in [0, 0.1) is 10.1 Å². The van der Waals surface area contributed by atoms with Gasteiger partial charge in [0.2, 0.25) is 0 Å². The van der Waals surface area contributed by atoms with Crippen molar-refractivity contribution < 1.29 is 9.66 Å². The molecule has 0 aliphatic carbocycles. The number of non-ortho nitro benzene ring substituents is 1. The molecular weight excluding hydrogens is 196 g/mol. The molecular formula is C10H8N2O3. The van der Waals surface area contributed by atoms with E-state index in [0.29, 0.717) is 16.7 Å². The fraction of sp³-hybridized carbons (Fsp3) is 0.100. The third-order valence-electron chi connectivity index (χ3n) is 2.09. The molecule has 0 fully saturated rings. The van der Waals surface area contributed by atoms with Crippen LogP contribution in [0.1, 0.15) is 0 Å². The average molecular weight is 204 g/mol. The van der Waals surface area contributed by atoms with Gasteiger partial charge < -0.3 is 4.74 Å². The number of fused-ring (bicyclic) bond motifs is 1. The molecule has 1 aromatic heterocycles. The number of nitro benzene ring substituents is 1. The maximum Gasteiger partial charge on any atom is 0.299 e. The van der Waals surface area contributed by atoms with E-state index >= 15 is 0 Å². The van der Waals surface area contributed by atoms with E-state index in [9.17, 15) is 10.1 Å². The minimum Gasteiger partial charge on any atom is -0.496 e. The molecule has 0 saturated heterocycles. The van der Waals surface area contributed by atoms with Crippen molar-refractivity contribution >= 4 is 16.6 Å². The Morgan fingerprint density at radius 1 is 1.47 bits per heavy atom. The van der Waals surface area contributed by atoms with Crippen LogP contribution in [0.5, 0.6) is 5.75 Å². The van der Waals surface area contributed by atoms with Gasteiger partial charge in [-0.05, 0) is 12.1 Å². The highest BCUT2D eigenvalue weighted by atomic mass is 16.6. The molecule has 1 aromatic carbocycles. The first-order valence-electron chi connectivity index (χ1n) is 4.29. The zero-order chi connectivity index (χ0) is 10.8. The Labute approximate surface area is 85.5 Å². The molecule has 0 spiro atoms.